The van der Waals surface area contributed by atoms with Crippen molar-refractivity contribution in [1.82, 2.24) is 20.1 Å². The zero-order valence-corrected chi connectivity index (χ0v) is 16.4. The van der Waals surface area contributed by atoms with Crippen LogP contribution in [0.5, 0.6) is 0 Å². The Balaban J connectivity index is 2.57. The van der Waals surface area contributed by atoms with Crippen LogP contribution in [0.2, 0.25) is 0 Å². The standard InChI is InChI=1S/C17H30N4O2S/c1-7-20(5)9-8-15(13(4)22)19-17(23)21(6)10-14-11-24-16(18-14)12(2)3/h11-12,15H,7-10H2,1-6H3,(H,19,23). The molecule has 7 heteroatoms. The van der Waals surface area contributed by atoms with E-state index in [1.807, 2.05) is 12.4 Å². The van der Waals surface area contributed by atoms with Crippen molar-refractivity contribution in [3.05, 3.63) is 16.1 Å². The molecule has 1 N–H and O–H groups in total. The van der Waals surface area contributed by atoms with E-state index in [1.54, 1.807) is 23.3 Å². The lowest BCUT2D eigenvalue weighted by Crippen LogP contribution is -2.47. The Hall–Kier alpha value is -1.47. The molecule has 0 aliphatic carbocycles. The number of aromatic nitrogens is 1. The minimum atomic E-state index is -0.449. The average Bonchev–Trinajstić information content (AvgIpc) is 2.99. The highest BCUT2D eigenvalue weighted by atomic mass is 32.1. The van der Waals surface area contributed by atoms with Crippen LogP contribution >= 0.6 is 11.3 Å². The predicted molar refractivity (Wildman–Crippen MR) is 98.5 cm³/mol. The first-order chi connectivity index (χ1) is 11.2. The molecule has 2 amide bonds. The zero-order chi connectivity index (χ0) is 18.3. The molecule has 24 heavy (non-hydrogen) atoms. The highest BCUT2D eigenvalue weighted by Gasteiger charge is 2.20. The Labute approximate surface area is 149 Å². The number of amides is 2. The van der Waals surface area contributed by atoms with Gasteiger partial charge in [-0.3, -0.25) is 4.79 Å². The fourth-order valence-electron chi connectivity index (χ4n) is 2.12. The van der Waals surface area contributed by atoms with Crippen LogP contribution in [0, 0.1) is 0 Å². The molecule has 1 aromatic rings. The van der Waals surface area contributed by atoms with Gasteiger partial charge in [-0.1, -0.05) is 20.8 Å². The minimum Gasteiger partial charge on any atom is -0.328 e. The molecule has 0 aliphatic heterocycles. The molecule has 0 aromatic carbocycles. The van der Waals surface area contributed by atoms with Crippen LogP contribution in [-0.4, -0.2) is 59.8 Å². The Morgan fingerprint density at radius 1 is 1.33 bits per heavy atom. The lowest BCUT2D eigenvalue weighted by atomic mass is 10.1. The van der Waals surface area contributed by atoms with Crippen molar-refractivity contribution in [1.29, 1.82) is 0 Å². The molecule has 0 saturated heterocycles. The Bertz CT molecular complexity index is 544. The molecular formula is C17H30N4O2S. The molecule has 6 nitrogen and oxygen atoms in total. The largest absolute Gasteiger partial charge is 0.328 e. The van der Waals surface area contributed by atoms with E-state index in [4.69, 9.17) is 0 Å². The first-order valence-electron chi connectivity index (χ1n) is 8.39. The molecule has 1 aromatic heterocycles. The van der Waals surface area contributed by atoms with Crippen molar-refractivity contribution in [2.45, 2.75) is 52.6 Å². The van der Waals surface area contributed by atoms with Gasteiger partial charge in [0.15, 0.2) is 5.78 Å². The topological polar surface area (TPSA) is 65.5 Å². The van der Waals surface area contributed by atoms with Gasteiger partial charge in [0.2, 0.25) is 0 Å². The third kappa shape index (κ3) is 6.57. The summed E-state index contributed by atoms with van der Waals surface area (Å²) in [5.41, 5.74) is 0.881. The Morgan fingerprint density at radius 2 is 2.00 bits per heavy atom. The van der Waals surface area contributed by atoms with E-state index in [-0.39, 0.29) is 11.8 Å². The van der Waals surface area contributed by atoms with Gasteiger partial charge >= 0.3 is 6.03 Å². The van der Waals surface area contributed by atoms with E-state index >= 15 is 0 Å². The van der Waals surface area contributed by atoms with Crippen LogP contribution in [0.25, 0.3) is 0 Å². The van der Waals surface area contributed by atoms with Crippen molar-refractivity contribution in [2.75, 3.05) is 27.2 Å². The lowest BCUT2D eigenvalue weighted by Gasteiger charge is -2.23. The van der Waals surface area contributed by atoms with Crippen molar-refractivity contribution in [2.24, 2.45) is 0 Å². The van der Waals surface area contributed by atoms with Gasteiger partial charge in [-0.2, -0.15) is 0 Å². The van der Waals surface area contributed by atoms with Gasteiger partial charge in [-0.15, -0.1) is 11.3 Å². The number of Topliss-reactive ketones (excluding diaryl/α,β-unsaturated/α-hetero) is 1. The lowest BCUT2D eigenvalue weighted by molar-refractivity contribution is -0.119. The first kappa shape index (κ1) is 20.6. The molecule has 0 bridgehead atoms. The molecule has 0 spiro atoms. The highest BCUT2D eigenvalue weighted by molar-refractivity contribution is 7.09. The number of nitrogens with one attached hydrogen (secondary N) is 1. The molecule has 0 radical (unpaired) electrons. The second-order valence-electron chi connectivity index (χ2n) is 6.49. The van der Waals surface area contributed by atoms with Gasteiger partial charge in [0.25, 0.3) is 0 Å². The minimum absolute atomic E-state index is 0.0167. The van der Waals surface area contributed by atoms with Crippen molar-refractivity contribution >= 4 is 23.2 Å². The van der Waals surface area contributed by atoms with Crippen LogP contribution in [0.4, 0.5) is 4.79 Å². The van der Waals surface area contributed by atoms with Gasteiger partial charge in [0.05, 0.1) is 23.3 Å². The quantitative estimate of drug-likeness (QED) is 0.740. The number of carbonyl (C=O) groups is 2. The van der Waals surface area contributed by atoms with Crippen LogP contribution < -0.4 is 5.32 Å². The van der Waals surface area contributed by atoms with E-state index in [1.165, 1.54) is 6.92 Å². The number of thiazole rings is 1. The molecule has 0 fully saturated rings. The van der Waals surface area contributed by atoms with E-state index in [2.05, 4.69) is 36.0 Å². The monoisotopic (exact) mass is 354 g/mol. The van der Waals surface area contributed by atoms with Crippen molar-refractivity contribution < 1.29 is 9.59 Å². The van der Waals surface area contributed by atoms with Gasteiger partial charge in [-0.25, -0.2) is 9.78 Å². The summed E-state index contributed by atoms with van der Waals surface area (Å²) in [5.74, 6) is 0.373. The SMILES string of the molecule is CCN(C)CCC(NC(=O)N(C)Cc1csc(C(C)C)n1)C(C)=O. The van der Waals surface area contributed by atoms with Crippen molar-refractivity contribution in [3.63, 3.8) is 0 Å². The maximum Gasteiger partial charge on any atom is 0.318 e. The number of urea groups is 1. The second kappa shape index (κ2) is 9.74. The van der Waals surface area contributed by atoms with Crippen LogP contribution in [0.1, 0.15) is 50.7 Å². The summed E-state index contributed by atoms with van der Waals surface area (Å²) in [5, 5.41) is 5.89. The van der Waals surface area contributed by atoms with Gasteiger partial charge in [-0.05, 0) is 26.9 Å². The number of carbonyl (C=O) groups excluding carboxylic acids is 2. The van der Waals surface area contributed by atoms with Crippen LogP contribution in [-0.2, 0) is 11.3 Å². The molecule has 1 heterocycles. The zero-order valence-electron chi connectivity index (χ0n) is 15.6. The van der Waals surface area contributed by atoms with Gasteiger partial charge in [0.1, 0.15) is 0 Å². The maximum absolute atomic E-state index is 12.3. The average molecular weight is 355 g/mol. The molecule has 0 saturated carbocycles. The third-order valence-corrected chi connectivity index (χ3v) is 5.13. The molecule has 1 rings (SSSR count). The summed E-state index contributed by atoms with van der Waals surface area (Å²) < 4.78 is 0. The summed E-state index contributed by atoms with van der Waals surface area (Å²) in [6.45, 7) is 9.91. The summed E-state index contributed by atoms with van der Waals surface area (Å²) in [6.07, 6.45) is 0.619. The number of hydrogen-bond donors (Lipinski definition) is 1. The highest BCUT2D eigenvalue weighted by Crippen LogP contribution is 2.19. The summed E-state index contributed by atoms with van der Waals surface area (Å²) in [4.78, 5) is 32.3. The molecule has 1 atom stereocenters. The smallest absolute Gasteiger partial charge is 0.318 e. The normalized spacial score (nSPS) is 12.5. The number of rotatable bonds is 9. The molecular weight excluding hydrogens is 324 g/mol. The fourth-order valence-corrected chi connectivity index (χ4v) is 2.95. The van der Waals surface area contributed by atoms with Gasteiger partial charge in [0, 0.05) is 24.9 Å². The van der Waals surface area contributed by atoms with E-state index in [9.17, 15) is 9.59 Å². The van der Waals surface area contributed by atoms with E-state index < -0.39 is 6.04 Å². The second-order valence-corrected chi connectivity index (χ2v) is 7.37. The van der Waals surface area contributed by atoms with E-state index in [0.29, 0.717) is 18.9 Å². The fraction of sp³-hybridized carbons (Fsp3) is 0.706. The number of nitrogens with zero attached hydrogens (tertiary/aromatic N) is 3. The molecule has 1 unspecified atom stereocenters. The first-order valence-corrected chi connectivity index (χ1v) is 9.27. The van der Waals surface area contributed by atoms with Crippen molar-refractivity contribution in [3.8, 4) is 0 Å². The number of ketones is 1. The van der Waals surface area contributed by atoms with Gasteiger partial charge < -0.3 is 15.1 Å². The molecule has 136 valence electrons. The summed E-state index contributed by atoms with van der Waals surface area (Å²) >= 11 is 1.61. The van der Waals surface area contributed by atoms with E-state index in [0.717, 1.165) is 23.8 Å². The predicted octanol–water partition coefficient (Wildman–Crippen LogP) is 2.71. The summed E-state index contributed by atoms with van der Waals surface area (Å²) in [6, 6.07) is -0.691. The van der Waals surface area contributed by atoms with Crippen LogP contribution in [0.15, 0.2) is 5.38 Å². The third-order valence-electron chi connectivity index (χ3n) is 3.94. The Morgan fingerprint density at radius 3 is 2.50 bits per heavy atom. The summed E-state index contributed by atoms with van der Waals surface area (Å²) in [7, 11) is 3.72. The maximum atomic E-state index is 12.3. The van der Waals surface area contributed by atoms with Crippen LogP contribution in [0.3, 0.4) is 0 Å². The molecule has 0 aliphatic rings. The number of hydrogen-bond acceptors (Lipinski definition) is 5. The Kier molecular flexibility index (Phi) is 8.35.